The first kappa shape index (κ1) is 21.0. The summed E-state index contributed by atoms with van der Waals surface area (Å²) in [4.78, 5) is 40.0. The van der Waals surface area contributed by atoms with Crippen molar-refractivity contribution in [1.82, 2.24) is 4.90 Å². The van der Waals surface area contributed by atoms with Gasteiger partial charge in [0.2, 0.25) is 0 Å². The van der Waals surface area contributed by atoms with Crippen molar-refractivity contribution in [2.75, 3.05) is 5.32 Å². The van der Waals surface area contributed by atoms with E-state index in [0.29, 0.717) is 10.6 Å². The van der Waals surface area contributed by atoms with Gasteiger partial charge in [0.25, 0.3) is 11.8 Å². The van der Waals surface area contributed by atoms with Crippen LogP contribution in [0.15, 0.2) is 41.8 Å². The second-order valence-corrected chi connectivity index (χ2v) is 8.38. The maximum atomic E-state index is 12.8. The van der Waals surface area contributed by atoms with E-state index in [9.17, 15) is 14.4 Å². The van der Waals surface area contributed by atoms with Crippen molar-refractivity contribution >= 4 is 34.8 Å². The van der Waals surface area contributed by atoms with E-state index in [-0.39, 0.29) is 29.5 Å². The monoisotopic (exact) mass is 414 g/mol. The molecule has 29 heavy (non-hydrogen) atoms. The lowest BCUT2D eigenvalue weighted by Crippen LogP contribution is -2.51. The summed E-state index contributed by atoms with van der Waals surface area (Å²) < 4.78 is 5.44. The number of hydrogen-bond acceptors (Lipinski definition) is 5. The first-order valence-electron chi connectivity index (χ1n) is 9.85. The fraction of sp³-hybridized carbons (Fsp3) is 0.409. The number of thiophene rings is 1. The van der Waals surface area contributed by atoms with Crippen LogP contribution in [0, 0.1) is 0 Å². The summed E-state index contributed by atoms with van der Waals surface area (Å²) in [5.41, 5.74) is 0.781. The number of likely N-dealkylation sites (tertiary alicyclic amines) is 1. The minimum absolute atomic E-state index is 0.142. The molecule has 2 amide bonds. The van der Waals surface area contributed by atoms with E-state index in [1.165, 1.54) is 11.3 Å². The number of rotatable bonds is 5. The number of esters is 1. The van der Waals surface area contributed by atoms with Crippen molar-refractivity contribution in [2.45, 2.75) is 58.2 Å². The van der Waals surface area contributed by atoms with Crippen LogP contribution >= 0.6 is 11.3 Å². The highest BCUT2D eigenvalue weighted by molar-refractivity contribution is 7.12. The first-order valence-corrected chi connectivity index (χ1v) is 10.7. The second kappa shape index (κ2) is 9.22. The van der Waals surface area contributed by atoms with Crippen LogP contribution in [-0.2, 0) is 9.53 Å². The number of hydrogen-bond donors (Lipinski definition) is 1. The van der Waals surface area contributed by atoms with Gasteiger partial charge in [-0.3, -0.25) is 9.59 Å². The molecule has 6 nitrogen and oxygen atoms in total. The lowest BCUT2D eigenvalue weighted by molar-refractivity contribution is -0.146. The Balaban J connectivity index is 1.64. The Morgan fingerprint density at radius 3 is 2.52 bits per heavy atom. The Bertz CT molecular complexity index is 871. The molecule has 1 fully saturated rings. The fourth-order valence-electron chi connectivity index (χ4n) is 3.67. The summed E-state index contributed by atoms with van der Waals surface area (Å²) in [6.07, 6.45) is 2.16. The summed E-state index contributed by atoms with van der Waals surface area (Å²) in [6, 6.07) is 10.3. The molecule has 154 valence electrons. The Morgan fingerprint density at radius 1 is 1.14 bits per heavy atom. The third kappa shape index (κ3) is 5.03. The molecule has 0 aliphatic carbocycles. The van der Waals surface area contributed by atoms with Gasteiger partial charge in [0.1, 0.15) is 0 Å². The molecule has 1 N–H and O–H groups in total. The molecule has 0 bridgehead atoms. The third-order valence-corrected chi connectivity index (χ3v) is 6.05. The topological polar surface area (TPSA) is 75.7 Å². The normalized spacial score (nSPS) is 20.0. The molecule has 7 heteroatoms. The largest absolute Gasteiger partial charge is 0.449 e. The smallest absolute Gasteiger partial charge is 0.338 e. The molecule has 0 radical (unpaired) electrons. The molecule has 1 aliphatic heterocycles. The van der Waals surface area contributed by atoms with Gasteiger partial charge in [-0.25, -0.2) is 4.79 Å². The van der Waals surface area contributed by atoms with E-state index >= 15 is 0 Å². The summed E-state index contributed by atoms with van der Waals surface area (Å²) in [5, 5.41) is 4.59. The molecule has 3 atom stereocenters. The molecule has 2 aromatic rings. The molecular formula is C22H26N2O4S. The predicted octanol–water partition coefficient (Wildman–Crippen LogP) is 4.34. The highest BCUT2D eigenvalue weighted by Gasteiger charge is 2.33. The van der Waals surface area contributed by atoms with Gasteiger partial charge in [0.05, 0.1) is 10.4 Å². The second-order valence-electron chi connectivity index (χ2n) is 7.43. The van der Waals surface area contributed by atoms with Crippen LogP contribution in [-0.4, -0.2) is 40.9 Å². The van der Waals surface area contributed by atoms with Crippen LogP contribution < -0.4 is 5.32 Å². The zero-order valence-electron chi connectivity index (χ0n) is 16.9. The van der Waals surface area contributed by atoms with Crippen molar-refractivity contribution < 1.29 is 19.1 Å². The zero-order chi connectivity index (χ0) is 21.0. The van der Waals surface area contributed by atoms with Crippen LogP contribution in [0.4, 0.5) is 5.69 Å². The maximum absolute atomic E-state index is 12.8. The number of nitrogens with zero attached hydrogens (tertiary/aromatic N) is 1. The standard InChI is InChI=1S/C22H26N2O4S/c1-14-7-4-8-15(2)24(14)21(26)16(3)28-22(27)17-9-5-10-18(13-17)23-20(25)19-11-6-12-29-19/h5-6,9-16H,4,7-8H2,1-3H3,(H,23,25)/t14-,15-,16+/m0/s1. The van der Waals surface area contributed by atoms with Gasteiger partial charge in [-0.05, 0) is 69.7 Å². The van der Waals surface area contributed by atoms with Crippen molar-refractivity contribution in [2.24, 2.45) is 0 Å². The van der Waals surface area contributed by atoms with Crippen LogP contribution in [0.2, 0.25) is 0 Å². The third-order valence-electron chi connectivity index (χ3n) is 5.18. The number of amides is 2. The van der Waals surface area contributed by atoms with E-state index in [1.807, 2.05) is 24.1 Å². The van der Waals surface area contributed by atoms with Gasteiger partial charge in [-0.2, -0.15) is 0 Å². The number of benzene rings is 1. The number of piperidine rings is 1. The molecule has 0 saturated carbocycles. The molecule has 2 heterocycles. The highest BCUT2D eigenvalue weighted by Crippen LogP contribution is 2.24. The molecule has 1 aliphatic rings. The number of ether oxygens (including phenoxy) is 1. The van der Waals surface area contributed by atoms with Crippen molar-refractivity contribution in [3.05, 3.63) is 52.2 Å². The van der Waals surface area contributed by atoms with Crippen LogP contribution in [0.1, 0.15) is 60.1 Å². The van der Waals surface area contributed by atoms with E-state index in [1.54, 1.807) is 43.3 Å². The van der Waals surface area contributed by atoms with Crippen LogP contribution in [0.25, 0.3) is 0 Å². The predicted molar refractivity (Wildman–Crippen MR) is 113 cm³/mol. The fourth-order valence-corrected chi connectivity index (χ4v) is 4.29. The Labute approximate surface area is 174 Å². The summed E-state index contributed by atoms with van der Waals surface area (Å²) >= 11 is 1.34. The number of carbonyl (C=O) groups is 3. The van der Waals surface area contributed by atoms with Gasteiger partial charge < -0.3 is 15.0 Å². The van der Waals surface area contributed by atoms with E-state index in [0.717, 1.165) is 19.3 Å². The molecule has 1 aromatic heterocycles. The van der Waals surface area contributed by atoms with Crippen LogP contribution in [0.3, 0.4) is 0 Å². The maximum Gasteiger partial charge on any atom is 0.338 e. The van der Waals surface area contributed by atoms with Crippen molar-refractivity contribution in [3.63, 3.8) is 0 Å². The Morgan fingerprint density at radius 2 is 1.86 bits per heavy atom. The quantitative estimate of drug-likeness (QED) is 0.739. The highest BCUT2D eigenvalue weighted by atomic mass is 32.1. The summed E-state index contributed by atoms with van der Waals surface area (Å²) in [7, 11) is 0. The molecule has 0 spiro atoms. The lowest BCUT2D eigenvalue weighted by atomic mass is 9.97. The first-order chi connectivity index (χ1) is 13.9. The zero-order valence-corrected chi connectivity index (χ0v) is 17.7. The Hall–Kier alpha value is -2.67. The van der Waals surface area contributed by atoms with Crippen LogP contribution in [0.5, 0.6) is 0 Å². The minimum atomic E-state index is -0.866. The van der Waals surface area contributed by atoms with E-state index in [4.69, 9.17) is 4.74 Å². The summed E-state index contributed by atoms with van der Waals surface area (Å²) in [6.45, 7) is 5.67. The number of nitrogens with one attached hydrogen (secondary N) is 1. The lowest BCUT2D eigenvalue weighted by Gasteiger charge is -2.40. The molecule has 1 aromatic carbocycles. The number of anilines is 1. The van der Waals surface area contributed by atoms with E-state index < -0.39 is 12.1 Å². The van der Waals surface area contributed by atoms with Crippen molar-refractivity contribution in [3.8, 4) is 0 Å². The Kier molecular flexibility index (Phi) is 6.69. The van der Waals surface area contributed by atoms with Crippen molar-refractivity contribution in [1.29, 1.82) is 0 Å². The summed E-state index contributed by atoms with van der Waals surface area (Å²) in [5.74, 6) is -0.988. The average molecular weight is 415 g/mol. The minimum Gasteiger partial charge on any atom is -0.449 e. The average Bonchev–Trinajstić information content (AvgIpc) is 3.23. The molecule has 1 saturated heterocycles. The van der Waals surface area contributed by atoms with E-state index in [2.05, 4.69) is 5.32 Å². The molecular weight excluding hydrogens is 388 g/mol. The van der Waals surface area contributed by atoms with Gasteiger partial charge in [0, 0.05) is 17.8 Å². The molecule has 3 rings (SSSR count). The van der Waals surface area contributed by atoms with Gasteiger partial charge in [-0.1, -0.05) is 12.1 Å². The SMILES string of the molecule is C[C@@H](OC(=O)c1cccc(NC(=O)c2cccs2)c1)C(=O)N1[C@@H](C)CCC[C@@H]1C. The molecule has 0 unspecified atom stereocenters. The van der Waals surface area contributed by atoms with Gasteiger partial charge in [0.15, 0.2) is 6.10 Å². The number of carbonyl (C=O) groups excluding carboxylic acids is 3. The van der Waals surface area contributed by atoms with Gasteiger partial charge >= 0.3 is 5.97 Å². The van der Waals surface area contributed by atoms with Gasteiger partial charge in [-0.15, -0.1) is 11.3 Å².